The Morgan fingerprint density at radius 1 is 1.25 bits per heavy atom. The summed E-state index contributed by atoms with van der Waals surface area (Å²) in [6.45, 7) is 10.7. The molecule has 0 rings (SSSR count). The first kappa shape index (κ1) is 19.3. The Balaban J connectivity index is 3.43. The van der Waals surface area contributed by atoms with Crippen LogP contribution in [0.4, 0.5) is 0 Å². The van der Waals surface area contributed by atoms with E-state index >= 15 is 0 Å². The molecule has 0 aliphatic heterocycles. The molecule has 3 N–H and O–H groups in total. The maximum atomic E-state index is 11.5. The van der Waals surface area contributed by atoms with Crippen molar-refractivity contribution in [3.8, 4) is 0 Å². The first-order valence-electron chi connectivity index (χ1n) is 7.20. The van der Waals surface area contributed by atoms with Crippen LogP contribution in [0.5, 0.6) is 0 Å². The molecule has 0 aromatic carbocycles. The van der Waals surface area contributed by atoms with Crippen LogP contribution in [0.1, 0.15) is 34.1 Å². The Morgan fingerprint density at radius 2 is 1.90 bits per heavy atom. The predicted molar refractivity (Wildman–Crippen MR) is 78.7 cm³/mol. The van der Waals surface area contributed by atoms with Crippen molar-refractivity contribution in [2.45, 2.75) is 45.8 Å². The lowest BCUT2D eigenvalue weighted by Gasteiger charge is -2.20. The van der Waals surface area contributed by atoms with Crippen molar-refractivity contribution in [3.63, 3.8) is 0 Å². The lowest BCUT2D eigenvalue weighted by molar-refractivity contribution is -0.122. The zero-order chi connectivity index (χ0) is 15.4. The molecule has 0 aromatic rings. The first-order chi connectivity index (χ1) is 9.35. The molecule has 1 atom stereocenters. The van der Waals surface area contributed by atoms with Gasteiger partial charge in [-0.1, -0.05) is 0 Å². The standard InChI is InChI=1S/C14H30N2O4/c1-5-19-8-9-20-11-12(17)10-15-7-6-13(18)16-14(2,3)4/h12,15,17H,5-11H2,1-4H3,(H,16,18). The van der Waals surface area contributed by atoms with Gasteiger partial charge in [0.05, 0.1) is 25.9 Å². The normalized spacial score (nSPS) is 13.2. The van der Waals surface area contributed by atoms with E-state index in [1.165, 1.54) is 0 Å². The van der Waals surface area contributed by atoms with Crippen molar-refractivity contribution >= 4 is 5.91 Å². The van der Waals surface area contributed by atoms with Crippen LogP contribution in [0.3, 0.4) is 0 Å². The molecule has 0 spiro atoms. The van der Waals surface area contributed by atoms with Crippen LogP contribution < -0.4 is 10.6 Å². The molecule has 0 aromatic heterocycles. The maximum absolute atomic E-state index is 11.5. The number of amides is 1. The van der Waals surface area contributed by atoms with Gasteiger partial charge in [-0.05, 0) is 27.7 Å². The summed E-state index contributed by atoms with van der Waals surface area (Å²) in [5.41, 5.74) is -0.203. The maximum Gasteiger partial charge on any atom is 0.221 e. The molecule has 6 heteroatoms. The van der Waals surface area contributed by atoms with E-state index in [0.29, 0.717) is 39.3 Å². The van der Waals surface area contributed by atoms with E-state index in [-0.39, 0.29) is 18.1 Å². The third-order valence-electron chi connectivity index (χ3n) is 2.31. The smallest absolute Gasteiger partial charge is 0.221 e. The molecule has 6 nitrogen and oxygen atoms in total. The Labute approximate surface area is 122 Å². The number of aliphatic hydroxyl groups excluding tert-OH is 1. The molecule has 0 saturated carbocycles. The number of carbonyl (C=O) groups is 1. The van der Waals surface area contributed by atoms with Crippen molar-refractivity contribution in [1.29, 1.82) is 0 Å². The van der Waals surface area contributed by atoms with Gasteiger partial charge in [-0.15, -0.1) is 0 Å². The zero-order valence-electron chi connectivity index (χ0n) is 13.2. The van der Waals surface area contributed by atoms with E-state index in [2.05, 4.69) is 10.6 Å². The fourth-order valence-corrected chi connectivity index (χ4v) is 1.49. The van der Waals surface area contributed by atoms with E-state index in [1.807, 2.05) is 27.7 Å². The van der Waals surface area contributed by atoms with E-state index in [9.17, 15) is 9.90 Å². The van der Waals surface area contributed by atoms with E-state index in [0.717, 1.165) is 0 Å². The minimum Gasteiger partial charge on any atom is -0.389 e. The van der Waals surface area contributed by atoms with Gasteiger partial charge >= 0.3 is 0 Å². The van der Waals surface area contributed by atoms with E-state index in [1.54, 1.807) is 0 Å². The third kappa shape index (κ3) is 13.7. The summed E-state index contributed by atoms with van der Waals surface area (Å²) < 4.78 is 10.4. The lowest BCUT2D eigenvalue weighted by atomic mass is 10.1. The number of rotatable bonds is 11. The van der Waals surface area contributed by atoms with Crippen LogP contribution in [0, 0.1) is 0 Å². The van der Waals surface area contributed by atoms with E-state index < -0.39 is 6.10 Å². The van der Waals surface area contributed by atoms with Crippen molar-refractivity contribution in [3.05, 3.63) is 0 Å². The highest BCUT2D eigenvalue weighted by molar-refractivity contribution is 5.76. The van der Waals surface area contributed by atoms with Crippen molar-refractivity contribution in [1.82, 2.24) is 10.6 Å². The Kier molecular flexibility index (Phi) is 10.6. The minimum absolute atomic E-state index is 0.00690. The number of hydrogen-bond acceptors (Lipinski definition) is 5. The highest BCUT2D eigenvalue weighted by Gasteiger charge is 2.13. The summed E-state index contributed by atoms with van der Waals surface area (Å²) in [6.07, 6.45) is -0.169. The molecule has 20 heavy (non-hydrogen) atoms. The fourth-order valence-electron chi connectivity index (χ4n) is 1.49. The molecule has 0 aliphatic rings. The highest BCUT2D eigenvalue weighted by Crippen LogP contribution is 1.98. The average Bonchev–Trinajstić information content (AvgIpc) is 2.32. The monoisotopic (exact) mass is 290 g/mol. The molecular formula is C14H30N2O4. The summed E-state index contributed by atoms with van der Waals surface area (Å²) in [5.74, 6) is 0.00690. The molecule has 0 heterocycles. The van der Waals surface area contributed by atoms with Crippen LogP contribution in [-0.4, -0.2) is 62.2 Å². The van der Waals surface area contributed by atoms with Gasteiger partial charge in [-0.2, -0.15) is 0 Å². The molecule has 0 aliphatic carbocycles. The Bertz CT molecular complexity index is 254. The Hall–Kier alpha value is -0.690. The van der Waals surface area contributed by atoms with E-state index in [4.69, 9.17) is 9.47 Å². The van der Waals surface area contributed by atoms with Crippen molar-refractivity contribution in [2.75, 3.05) is 39.5 Å². The molecule has 0 radical (unpaired) electrons. The number of ether oxygens (including phenoxy) is 2. The zero-order valence-corrected chi connectivity index (χ0v) is 13.2. The largest absolute Gasteiger partial charge is 0.389 e. The van der Waals surface area contributed by atoms with Gasteiger partial charge in [0.15, 0.2) is 0 Å². The number of carbonyl (C=O) groups excluding carboxylic acids is 1. The van der Waals surface area contributed by atoms with Gasteiger partial charge < -0.3 is 25.2 Å². The van der Waals surface area contributed by atoms with Gasteiger partial charge in [0.1, 0.15) is 0 Å². The second-order valence-corrected chi connectivity index (χ2v) is 5.68. The van der Waals surface area contributed by atoms with Gasteiger partial charge in [-0.3, -0.25) is 4.79 Å². The molecule has 1 unspecified atom stereocenters. The summed E-state index contributed by atoms with van der Waals surface area (Å²) in [4.78, 5) is 11.5. The van der Waals surface area contributed by atoms with Gasteiger partial charge in [0.25, 0.3) is 0 Å². The second kappa shape index (κ2) is 11.0. The summed E-state index contributed by atoms with van der Waals surface area (Å²) in [7, 11) is 0. The van der Waals surface area contributed by atoms with Gasteiger partial charge in [-0.25, -0.2) is 0 Å². The van der Waals surface area contributed by atoms with Crippen LogP contribution >= 0.6 is 0 Å². The van der Waals surface area contributed by atoms with Crippen LogP contribution in [-0.2, 0) is 14.3 Å². The lowest BCUT2D eigenvalue weighted by Crippen LogP contribution is -2.42. The molecule has 0 bridgehead atoms. The van der Waals surface area contributed by atoms with Crippen LogP contribution in [0.25, 0.3) is 0 Å². The molecule has 1 amide bonds. The third-order valence-corrected chi connectivity index (χ3v) is 2.31. The number of hydrogen-bond donors (Lipinski definition) is 3. The highest BCUT2D eigenvalue weighted by atomic mass is 16.5. The molecule has 0 fully saturated rings. The number of nitrogens with one attached hydrogen (secondary N) is 2. The van der Waals surface area contributed by atoms with Crippen LogP contribution in [0.15, 0.2) is 0 Å². The van der Waals surface area contributed by atoms with Gasteiger partial charge in [0, 0.05) is 31.7 Å². The van der Waals surface area contributed by atoms with Crippen molar-refractivity contribution in [2.24, 2.45) is 0 Å². The second-order valence-electron chi connectivity index (χ2n) is 5.68. The molecule has 0 saturated heterocycles. The summed E-state index contributed by atoms with van der Waals surface area (Å²) >= 11 is 0. The van der Waals surface area contributed by atoms with Crippen molar-refractivity contribution < 1.29 is 19.4 Å². The number of aliphatic hydroxyl groups is 1. The molecular weight excluding hydrogens is 260 g/mol. The fraction of sp³-hybridized carbons (Fsp3) is 0.929. The topological polar surface area (TPSA) is 79.8 Å². The molecule has 120 valence electrons. The SMILES string of the molecule is CCOCCOCC(O)CNCCC(=O)NC(C)(C)C. The van der Waals surface area contributed by atoms with Gasteiger partial charge in [0.2, 0.25) is 5.91 Å². The summed E-state index contributed by atoms with van der Waals surface area (Å²) in [5, 5.41) is 15.5. The first-order valence-corrected chi connectivity index (χ1v) is 7.20. The summed E-state index contributed by atoms with van der Waals surface area (Å²) in [6, 6.07) is 0. The quantitative estimate of drug-likeness (QED) is 0.477. The average molecular weight is 290 g/mol. The Morgan fingerprint density at radius 3 is 2.50 bits per heavy atom. The predicted octanol–water partition coefficient (Wildman–Crippen LogP) is 0.295. The van der Waals surface area contributed by atoms with Crippen LogP contribution in [0.2, 0.25) is 0 Å². The minimum atomic E-state index is -0.567.